The van der Waals surface area contributed by atoms with E-state index in [2.05, 4.69) is 4.74 Å². The van der Waals surface area contributed by atoms with Crippen LogP contribution in [0.5, 0.6) is 11.5 Å². The number of hydrogen-bond acceptors (Lipinski definition) is 4. The van der Waals surface area contributed by atoms with Crippen molar-refractivity contribution in [2.24, 2.45) is 0 Å². The zero-order valence-electron chi connectivity index (χ0n) is 8.30. The SMILES string of the molecule is CCOC(=O)/C=C/c1ccc(O)cc1O. The molecule has 0 spiro atoms. The zero-order valence-corrected chi connectivity index (χ0v) is 8.30. The molecule has 0 aliphatic heterocycles. The molecule has 15 heavy (non-hydrogen) atoms. The Kier molecular flexibility index (Phi) is 3.74. The lowest BCUT2D eigenvalue weighted by atomic mass is 10.2. The van der Waals surface area contributed by atoms with Gasteiger partial charge in [-0.05, 0) is 25.1 Å². The van der Waals surface area contributed by atoms with Gasteiger partial charge in [0, 0.05) is 17.7 Å². The maximum absolute atomic E-state index is 11.0. The molecule has 0 saturated heterocycles. The molecular weight excluding hydrogens is 196 g/mol. The van der Waals surface area contributed by atoms with Crippen molar-refractivity contribution >= 4 is 12.0 Å². The van der Waals surface area contributed by atoms with Crippen LogP contribution in [0.1, 0.15) is 12.5 Å². The Bertz CT molecular complexity index is 382. The third kappa shape index (κ3) is 3.34. The molecule has 0 radical (unpaired) electrons. The molecular formula is C11H12O4. The topological polar surface area (TPSA) is 66.8 Å². The van der Waals surface area contributed by atoms with Gasteiger partial charge in [-0.2, -0.15) is 0 Å². The lowest BCUT2D eigenvalue weighted by Crippen LogP contribution is -1.98. The summed E-state index contributed by atoms with van der Waals surface area (Å²) in [5, 5.41) is 18.4. The van der Waals surface area contributed by atoms with Crippen LogP contribution in [0.25, 0.3) is 6.08 Å². The summed E-state index contributed by atoms with van der Waals surface area (Å²) < 4.78 is 4.67. The number of benzene rings is 1. The Morgan fingerprint density at radius 1 is 1.47 bits per heavy atom. The number of carbonyl (C=O) groups excluding carboxylic acids is 1. The van der Waals surface area contributed by atoms with Crippen molar-refractivity contribution in [3.05, 3.63) is 29.8 Å². The highest BCUT2D eigenvalue weighted by Gasteiger charge is 1.99. The predicted octanol–water partition coefficient (Wildman–Crippen LogP) is 1.67. The van der Waals surface area contributed by atoms with Crippen molar-refractivity contribution in [3.8, 4) is 11.5 Å². The van der Waals surface area contributed by atoms with Gasteiger partial charge in [-0.25, -0.2) is 4.79 Å². The van der Waals surface area contributed by atoms with Gasteiger partial charge in [0.2, 0.25) is 0 Å². The Morgan fingerprint density at radius 2 is 2.20 bits per heavy atom. The molecule has 4 nitrogen and oxygen atoms in total. The van der Waals surface area contributed by atoms with Crippen LogP contribution in [0.15, 0.2) is 24.3 Å². The van der Waals surface area contributed by atoms with Crippen LogP contribution in [0.4, 0.5) is 0 Å². The smallest absolute Gasteiger partial charge is 0.330 e. The normalized spacial score (nSPS) is 10.5. The molecule has 0 amide bonds. The van der Waals surface area contributed by atoms with E-state index < -0.39 is 5.97 Å². The molecule has 0 saturated carbocycles. The number of carbonyl (C=O) groups is 1. The van der Waals surface area contributed by atoms with Gasteiger partial charge in [-0.1, -0.05) is 0 Å². The summed E-state index contributed by atoms with van der Waals surface area (Å²) in [6, 6.07) is 4.12. The van der Waals surface area contributed by atoms with Gasteiger partial charge in [-0.15, -0.1) is 0 Å². The maximum atomic E-state index is 11.0. The van der Waals surface area contributed by atoms with Crippen molar-refractivity contribution in [1.82, 2.24) is 0 Å². The van der Waals surface area contributed by atoms with E-state index in [1.165, 1.54) is 30.4 Å². The minimum Gasteiger partial charge on any atom is -0.508 e. The molecule has 4 heteroatoms. The summed E-state index contributed by atoms with van der Waals surface area (Å²) in [5.74, 6) is -0.582. The summed E-state index contributed by atoms with van der Waals surface area (Å²) in [4.78, 5) is 11.0. The molecule has 2 N–H and O–H groups in total. The number of phenolic OH excluding ortho intramolecular Hbond substituents is 2. The molecule has 1 aromatic rings. The first-order valence-corrected chi connectivity index (χ1v) is 4.50. The minimum atomic E-state index is -0.468. The Labute approximate surface area is 87.4 Å². The molecule has 0 bridgehead atoms. The Balaban J connectivity index is 2.76. The number of phenols is 2. The summed E-state index contributed by atoms with van der Waals surface area (Å²) in [7, 11) is 0. The summed E-state index contributed by atoms with van der Waals surface area (Å²) in [6.07, 6.45) is 2.64. The van der Waals surface area contributed by atoms with Crippen molar-refractivity contribution < 1.29 is 19.7 Å². The van der Waals surface area contributed by atoms with E-state index in [0.717, 1.165) is 0 Å². The number of ether oxygens (including phenoxy) is 1. The van der Waals surface area contributed by atoms with Crippen LogP contribution >= 0.6 is 0 Å². The third-order valence-corrected chi connectivity index (χ3v) is 1.70. The van der Waals surface area contributed by atoms with E-state index in [-0.39, 0.29) is 11.5 Å². The maximum Gasteiger partial charge on any atom is 0.330 e. The second-order valence-electron chi connectivity index (χ2n) is 2.83. The van der Waals surface area contributed by atoms with Gasteiger partial charge in [0.25, 0.3) is 0 Å². The van der Waals surface area contributed by atoms with Crippen LogP contribution in [0.2, 0.25) is 0 Å². The number of hydrogen-bond donors (Lipinski definition) is 2. The molecule has 0 aliphatic carbocycles. The Morgan fingerprint density at radius 3 is 2.80 bits per heavy atom. The lowest BCUT2D eigenvalue weighted by Gasteiger charge is -1.99. The van der Waals surface area contributed by atoms with Crippen LogP contribution in [0, 0.1) is 0 Å². The largest absolute Gasteiger partial charge is 0.508 e. The number of esters is 1. The van der Waals surface area contributed by atoms with Crippen LogP contribution in [-0.2, 0) is 9.53 Å². The fourth-order valence-electron chi connectivity index (χ4n) is 1.02. The third-order valence-electron chi connectivity index (χ3n) is 1.70. The molecule has 1 rings (SSSR count). The monoisotopic (exact) mass is 208 g/mol. The van der Waals surface area contributed by atoms with Gasteiger partial charge < -0.3 is 14.9 Å². The van der Waals surface area contributed by atoms with Crippen molar-refractivity contribution in [2.75, 3.05) is 6.61 Å². The van der Waals surface area contributed by atoms with E-state index in [0.29, 0.717) is 12.2 Å². The predicted molar refractivity (Wildman–Crippen MR) is 55.4 cm³/mol. The quantitative estimate of drug-likeness (QED) is 0.585. The fraction of sp³-hybridized carbons (Fsp3) is 0.182. The van der Waals surface area contributed by atoms with E-state index in [4.69, 9.17) is 5.11 Å². The van der Waals surface area contributed by atoms with Gasteiger partial charge >= 0.3 is 5.97 Å². The second-order valence-corrected chi connectivity index (χ2v) is 2.83. The lowest BCUT2D eigenvalue weighted by molar-refractivity contribution is -0.137. The molecule has 0 fully saturated rings. The van der Waals surface area contributed by atoms with Gasteiger partial charge in [0.15, 0.2) is 0 Å². The van der Waals surface area contributed by atoms with Crippen molar-refractivity contribution in [2.45, 2.75) is 6.92 Å². The molecule has 0 aromatic heterocycles. The first-order chi connectivity index (χ1) is 7.13. The first-order valence-electron chi connectivity index (χ1n) is 4.50. The standard InChI is InChI=1S/C11H12O4/c1-2-15-11(14)6-4-8-3-5-9(12)7-10(8)13/h3-7,12-13H,2H2,1H3/b6-4+. The van der Waals surface area contributed by atoms with E-state index in [1.807, 2.05) is 0 Å². The van der Waals surface area contributed by atoms with Gasteiger partial charge in [0.1, 0.15) is 11.5 Å². The minimum absolute atomic E-state index is 0.0271. The van der Waals surface area contributed by atoms with Crippen LogP contribution < -0.4 is 0 Å². The highest BCUT2D eigenvalue weighted by molar-refractivity contribution is 5.87. The van der Waals surface area contributed by atoms with Gasteiger partial charge in [0.05, 0.1) is 6.61 Å². The number of rotatable bonds is 3. The summed E-state index contributed by atoms with van der Waals surface area (Å²) >= 11 is 0. The van der Waals surface area contributed by atoms with Crippen molar-refractivity contribution in [3.63, 3.8) is 0 Å². The molecule has 0 aliphatic rings. The second kappa shape index (κ2) is 5.05. The van der Waals surface area contributed by atoms with E-state index >= 15 is 0 Å². The molecule has 1 aromatic carbocycles. The zero-order chi connectivity index (χ0) is 11.3. The van der Waals surface area contributed by atoms with E-state index in [9.17, 15) is 9.90 Å². The average molecular weight is 208 g/mol. The van der Waals surface area contributed by atoms with Crippen LogP contribution in [-0.4, -0.2) is 22.8 Å². The fourth-order valence-corrected chi connectivity index (χ4v) is 1.02. The molecule has 0 unspecified atom stereocenters. The first kappa shape index (κ1) is 11.1. The highest BCUT2D eigenvalue weighted by atomic mass is 16.5. The van der Waals surface area contributed by atoms with Crippen LogP contribution in [0.3, 0.4) is 0 Å². The molecule has 0 heterocycles. The summed E-state index contributed by atoms with van der Waals surface area (Å²) in [5.41, 5.74) is 0.445. The highest BCUT2D eigenvalue weighted by Crippen LogP contribution is 2.23. The number of aromatic hydroxyl groups is 2. The molecule has 80 valence electrons. The summed E-state index contributed by atoms with van der Waals surface area (Å²) in [6.45, 7) is 2.02. The van der Waals surface area contributed by atoms with Gasteiger partial charge in [-0.3, -0.25) is 0 Å². The van der Waals surface area contributed by atoms with Crippen molar-refractivity contribution in [1.29, 1.82) is 0 Å². The average Bonchev–Trinajstić information content (AvgIpc) is 2.17. The Hall–Kier alpha value is -1.97. The molecule has 0 atom stereocenters. The van der Waals surface area contributed by atoms with E-state index in [1.54, 1.807) is 6.92 Å².